The van der Waals surface area contributed by atoms with Crippen LogP contribution in [0.3, 0.4) is 0 Å². The van der Waals surface area contributed by atoms with Crippen molar-refractivity contribution in [3.8, 4) is 11.5 Å². The van der Waals surface area contributed by atoms with E-state index < -0.39 is 6.10 Å². The third kappa shape index (κ3) is 3.63. The van der Waals surface area contributed by atoms with Crippen molar-refractivity contribution in [1.29, 1.82) is 0 Å². The van der Waals surface area contributed by atoms with Crippen molar-refractivity contribution in [2.75, 3.05) is 20.7 Å². The van der Waals surface area contributed by atoms with Crippen LogP contribution in [0.15, 0.2) is 18.2 Å². The second-order valence-corrected chi connectivity index (χ2v) is 3.89. The van der Waals surface area contributed by atoms with Crippen molar-refractivity contribution in [1.82, 2.24) is 5.32 Å². The molecule has 1 amide bonds. The van der Waals surface area contributed by atoms with E-state index in [2.05, 4.69) is 5.32 Å². The Hall–Kier alpha value is -1.75. The molecular weight excluding hydrogens is 232 g/mol. The van der Waals surface area contributed by atoms with Crippen molar-refractivity contribution in [3.63, 3.8) is 0 Å². The van der Waals surface area contributed by atoms with Crippen LogP contribution in [0, 0.1) is 0 Å². The number of nitrogens with two attached hydrogens (primary N) is 1. The lowest BCUT2D eigenvalue weighted by Gasteiger charge is -2.16. The second kappa shape index (κ2) is 6.86. The van der Waals surface area contributed by atoms with Gasteiger partial charge in [0, 0.05) is 7.05 Å². The smallest absolute Gasteiger partial charge is 0.260 e. The molecule has 1 atom stereocenters. The zero-order valence-electron chi connectivity index (χ0n) is 11.0. The van der Waals surface area contributed by atoms with Gasteiger partial charge in [-0.25, -0.2) is 0 Å². The summed E-state index contributed by atoms with van der Waals surface area (Å²) in [6.07, 6.45) is 0.132. The van der Waals surface area contributed by atoms with Gasteiger partial charge in [-0.1, -0.05) is 0 Å². The molecule has 0 fully saturated rings. The fraction of sp³-hybridized carbons (Fsp3) is 0.462. The molecule has 1 aromatic carbocycles. The fourth-order valence-corrected chi connectivity index (χ4v) is 1.60. The van der Waals surface area contributed by atoms with Crippen LogP contribution < -0.4 is 20.5 Å². The number of methoxy groups -OCH3 is 1. The minimum absolute atomic E-state index is 0.162. The Labute approximate surface area is 107 Å². The number of rotatable bonds is 6. The van der Waals surface area contributed by atoms with Crippen molar-refractivity contribution >= 4 is 5.91 Å². The predicted molar refractivity (Wildman–Crippen MR) is 69.9 cm³/mol. The first-order valence-corrected chi connectivity index (χ1v) is 5.87. The minimum atomic E-state index is -0.542. The predicted octanol–water partition coefficient (Wildman–Crippen LogP) is 0.710. The molecule has 1 rings (SSSR count). The van der Waals surface area contributed by atoms with Crippen LogP contribution in [-0.2, 0) is 11.2 Å². The molecule has 18 heavy (non-hydrogen) atoms. The third-order valence-electron chi connectivity index (χ3n) is 2.60. The zero-order valence-corrected chi connectivity index (χ0v) is 11.0. The first kappa shape index (κ1) is 14.3. The summed E-state index contributed by atoms with van der Waals surface area (Å²) in [5.74, 6) is 1.25. The number of carbonyl (C=O) groups is 1. The van der Waals surface area contributed by atoms with Crippen LogP contribution in [0.1, 0.15) is 12.5 Å². The summed E-state index contributed by atoms with van der Waals surface area (Å²) < 4.78 is 10.8. The summed E-state index contributed by atoms with van der Waals surface area (Å²) in [7, 11) is 3.19. The Morgan fingerprint density at radius 2 is 2.22 bits per heavy atom. The van der Waals surface area contributed by atoms with Crippen LogP contribution in [0.25, 0.3) is 0 Å². The highest BCUT2D eigenvalue weighted by molar-refractivity contribution is 5.80. The van der Waals surface area contributed by atoms with E-state index in [4.69, 9.17) is 15.2 Å². The second-order valence-electron chi connectivity index (χ2n) is 3.89. The van der Waals surface area contributed by atoms with Gasteiger partial charge in [0.15, 0.2) is 6.10 Å². The number of benzene rings is 1. The largest absolute Gasteiger partial charge is 0.497 e. The third-order valence-corrected chi connectivity index (χ3v) is 2.60. The lowest BCUT2D eigenvalue weighted by atomic mass is 10.1. The quantitative estimate of drug-likeness (QED) is 0.782. The Bertz CT molecular complexity index is 407. The topological polar surface area (TPSA) is 73.6 Å². The molecule has 1 unspecified atom stereocenters. The summed E-state index contributed by atoms with van der Waals surface area (Å²) in [6, 6.07) is 5.47. The maximum Gasteiger partial charge on any atom is 0.260 e. The number of ether oxygens (including phenoxy) is 2. The van der Waals surface area contributed by atoms with Crippen LogP contribution in [0.2, 0.25) is 0 Å². The van der Waals surface area contributed by atoms with E-state index in [0.717, 1.165) is 11.3 Å². The molecule has 5 heteroatoms. The van der Waals surface area contributed by atoms with Gasteiger partial charge >= 0.3 is 0 Å². The number of likely N-dealkylation sites (N-methyl/N-ethyl adjacent to an activating group) is 1. The normalized spacial score (nSPS) is 11.8. The molecule has 0 aromatic heterocycles. The SMILES string of the molecule is CNC(=O)C(C)Oc1ccc(OC)cc1CCN. The Kier molecular flexibility index (Phi) is 5.45. The van der Waals surface area contributed by atoms with Gasteiger partial charge in [-0.3, -0.25) is 4.79 Å². The van der Waals surface area contributed by atoms with Gasteiger partial charge < -0.3 is 20.5 Å². The summed E-state index contributed by atoms with van der Waals surface area (Å²) in [4.78, 5) is 11.4. The van der Waals surface area contributed by atoms with E-state index in [1.807, 2.05) is 6.07 Å². The van der Waals surface area contributed by atoms with E-state index in [-0.39, 0.29) is 5.91 Å². The number of hydrogen-bond acceptors (Lipinski definition) is 4. The molecule has 5 nitrogen and oxygen atoms in total. The van der Waals surface area contributed by atoms with Gasteiger partial charge in [0.25, 0.3) is 5.91 Å². The fourth-order valence-electron chi connectivity index (χ4n) is 1.60. The van der Waals surface area contributed by atoms with Gasteiger partial charge in [-0.15, -0.1) is 0 Å². The number of amides is 1. The van der Waals surface area contributed by atoms with Crippen molar-refractivity contribution in [2.45, 2.75) is 19.4 Å². The highest BCUT2D eigenvalue weighted by Gasteiger charge is 2.15. The number of carbonyl (C=O) groups excluding carboxylic acids is 1. The lowest BCUT2D eigenvalue weighted by Crippen LogP contribution is -2.34. The molecule has 3 N–H and O–H groups in total. The average molecular weight is 252 g/mol. The van der Waals surface area contributed by atoms with Crippen LogP contribution in [0.5, 0.6) is 11.5 Å². The van der Waals surface area contributed by atoms with E-state index in [9.17, 15) is 4.79 Å². The molecule has 0 bridgehead atoms. The summed E-state index contributed by atoms with van der Waals surface area (Å²) in [6.45, 7) is 2.22. The number of hydrogen-bond donors (Lipinski definition) is 2. The van der Waals surface area contributed by atoms with Crippen molar-refractivity contribution in [2.24, 2.45) is 5.73 Å². The average Bonchev–Trinajstić information content (AvgIpc) is 2.39. The summed E-state index contributed by atoms with van der Waals surface area (Å²) in [5.41, 5.74) is 6.50. The molecule has 0 saturated carbocycles. The maximum atomic E-state index is 11.4. The maximum absolute atomic E-state index is 11.4. The van der Waals surface area contributed by atoms with Gasteiger partial charge in [0.1, 0.15) is 11.5 Å². The van der Waals surface area contributed by atoms with Crippen LogP contribution in [0.4, 0.5) is 0 Å². The summed E-state index contributed by atoms with van der Waals surface area (Å²) in [5, 5.41) is 2.55. The molecule has 1 aromatic rings. The minimum Gasteiger partial charge on any atom is -0.497 e. The first-order chi connectivity index (χ1) is 8.62. The van der Waals surface area contributed by atoms with E-state index >= 15 is 0 Å². The molecule has 0 spiro atoms. The van der Waals surface area contributed by atoms with Crippen molar-refractivity contribution in [3.05, 3.63) is 23.8 Å². The monoisotopic (exact) mass is 252 g/mol. The summed E-state index contributed by atoms with van der Waals surface area (Å²) >= 11 is 0. The highest BCUT2D eigenvalue weighted by Crippen LogP contribution is 2.25. The van der Waals surface area contributed by atoms with Gasteiger partial charge in [0.05, 0.1) is 7.11 Å². The molecule has 0 aliphatic rings. The standard InChI is InChI=1S/C13H20N2O3/c1-9(13(16)15-2)18-12-5-4-11(17-3)8-10(12)6-7-14/h4-5,8-9H,6-7,14H2,1-3H3,(H,15,16). The molecule has 100 valence electrons. The van der Waals surface area contributed by atoms with Crippen LogP contribution >= 0.6 is 0 Å². The lowest BCUT2D eigenvalue weighted by molar-refractivity contribution is -0.126. The zero-order chi connectivity index (χ0) is 13.5. The molecule has 0 aliphatic heterocycles. The highest BCUT2D eigenvalue weighted by atomic mass is 16.5. The molecular formula is C13H20N2O3. The first-order valence-electron chi connectivity index (χ1n) is 5.87. The molecule has 0 aliphatic carbocycles. The van der Waals surface area contributed by atoms with Crippen molar-refractivity contribution < 1.29 is 14.3 Å². The van der Waals surface area contributed by atoms with E-state index in [1.165, 1.54) is 0 Å². The molecule has 0 heterocycles. The number of nitrogens with one attached hydrogen (secondary N) is 1. The van der Waals surface area contributed by atoms with Gasteiger partial charge in [-0.05, 0) is 43.7 Å². The van der Waals surface area contributed by atoms with E-state index in [1.54, 1.807) is 33.2 Å². The van der Waals surface area contributed by atoms with E-state index in [0.29, 0.717) is 18.7 Å². The van der Waals surface area contributed by atoms with Gasteiger partial charge in [-0.2, -0.15) is 0 Å². The van der Waals surface area contributed by atoms with Gasteiger partial charge in [0.2, 0.25) is 0 Å². The Morgan fingerprint density at radius 1 is 1.50 bits per heavy atom. The molecule has 0 radical (unpaired) electrons. The molecule has 0 saturated heterocycles. The Balaban J connectivity index is 2.89. The van der Waals surface area contributed by atoms with Crippen LogP contribution in [-0.4, -0.2) is 32.7 Å². The Morgan fingerprint density at radius 3 is 2.78 bits per heavy atom.